The average Bonchev–Trinajstić information content (AvgIpc) is 2.86. The molecule has 1 fully saturated rings. The van der Waals surface area contributed by atoms with Crippen molar-refractivity contribution in [2.24, 2.45) is 11.8 Å². The van der Waals surface area contributed by atoms with Crippen molar-refractivity contribution < 1.29 is 22.7 Å². The molecule has 1 saturated carbocycles. The van der Waals surface area contributed by atoms with Gasteiger partial charge in [0.2, 0.25) is 10.0 Å². The monoisotopic (exact) mass is 489 g/mol. The first kappa shape index (κ1) is 25.8. The number of hydrogen-bond donors (Lipinski definition) is 3. The van der Waals surface area contributed by atoms with Gasteiger partial charge in [-0.25, -0.2) is 17.9 Å². The van der Waals surface area contributed by atoms with Crippen LogP contribution in [0.4, 0.5) is 4.79 Å². The number of carbonyl (C=O) groups is 1. The van der Waals surface area contributed by atoms with Gasteiger partial charge in [0.15, 0.2) is 11.5 Å². The molecule has 34 heavy (non-hydrogen) atoms. The molecule has 2 aromatic carbocycles. The van der Waals surface area contributed by atoms with Crippen molar-refractivity contribution in [3.8, 4) is 11.5 Å². The third kappa shape index (κ3) is 7.36. The van der Waals surface area contributed by atoms with Gasteiger partial charge in [0.05, 0.1) is 19.1 Å². The number of sulfonamides is 1. The molecule has 0 aromatic heterocycles. The van der Waals surface area contributed by atoms with Crippen molar-refractivity contribution in [1.82, 2.24) is 15.4 Å². The molecule has 0 saturated heterocycles. The van der Waals surface area contributed by atoms with Crippen LogP contribution in [0.5, 0.6) is 11.5 Å². The fraction of sp³-hybridized carbons (Fsp3) is 0.480. The van der Waals surface area contributed by atoms with Gasteiger partial charge in [-0.2, -0.15) is 0 Å². The van der Waals surface area contributed by atoms with Crippen LogP contribution in [0.25, 0.3) is 0 Å². The third-order valence-electron chi connectivity index (χ3n) is 6.32. The van der Waals surface area contributed by atoms with Gasteiger partial charge < -0.3 is 20.1 Å². The molecule has 9 heteroatoms. The third-order valence-corrected chi connectivity index (χ3v) is 7.74. The van der Waals surface area contributed by atoms with E-state index in [1.54, 1.807) is 6.07 Å². The van der Waals surface area contributed by atoms with E-state index in [1.165, 1.54) is 31.9 Å². The quantitative estimate of drug-likeness (QED) is 0.473. The lowest BCUT2D eigenvalue weighted by Gasteiger charge is -2.28. The highest BCUT2D eigenvalue weighted by molar-refractivity contribution is 7.89. The number of rotatable bonds is 10. The molecule has 3 N–H and O–H groups in total. The maximum absolute atomic E-state index is 12.7. The van der Waals surface area contributed by atoms with Gasteiger partial charge in [-0.05, 0) is 62.1 Å². The number of aryl methyl sites for hydroxylation is 1. The number of amides is 2. The maximum Gasteiger partial charge on any atom is 0.315 e. The molecule has 3 rings (SSSR count). The van der Waals surface area contributed by atoms with E-state index in [4.69, 9.17) is 9.47 Å². The van der Waals surface area contributed by atoms with Crippen LogP contribution in [-0.4, -0.2) is 41.8 Å². The van der Waals surface area contributed by atoms with Crippen molar-refractivity contribution in [1.29, 1.82) is 0 Å². The minimum atomic E-state index is -3.63. The second kappa shape index (κ2) is 12.1. The Bertz CT molecular complexity index is 1050. The number of ether oxygens (including phenoxy) is 2. The molecule has 1 aliphatic rings. The first-order valence-electron chi connectivity index (χ1n) is 11.6. The minimum Gasteiger partial charge on any atom is -0.493 e. The number of methoxy groups -OCH3 is 2. The lowest BCUT2D eigenvalue weighted by Crippen LogP contribution is -2.39. The van der Waals surface area contributed by atoms with Gasteiger partial charge in [-0.15, -0.1) is 0 Å². The molecule has 0 radical (unpaired) electrons. The molecule has 0 atom stereocenters. The van der Waals surface area contributed by atoms with Crippen LogP contribution in [0, 0.1) is 18.8 Å². The normalized spacial score (nSPS) is 18.2. The van der Waals surface area contributed by atoms with Crippen molar-refractivity contribution in [3.63, 3.8) is 0 Å². The molecule has 8 nitrogen and oxygen atoms in total. The Balaban J connectivity index is 1.37. The highest BCUT2D eigenvalue weighted by Crippen LogP contribution is 2.30. The van der Waals surface area contributed by atoms with Crippen LogP contribution >= 0.6 is 0 Å². The van der Waals surface area contributed by atoms with E-state index in [0.29, 0.717) is 37.1 Å². The van der Waals surface area contributed by atoms with Crippen molar-refractivity contribution >= 4 is 16.1 Å². The molecule has 2 aromatic rings. The van der Waals surface area contributed by atoms with Gasteiger partial charge in [0.25, 0.3) is 0 Å². The van der Waals surface area contributed by atoms with Crippen molar-refractivity contribution in [3.05, 3.63) is 53.6 Å². The number of carbonyl (C=O) groups excluding carboxylic acids is 1. The number of nitrogens with one attached hydrogen (secondary N) is 3. The molecule has 0 unspecified atom stereocenters. The van der Waals surface area contributed by atoms with E-state index in [2.05, 4.69) is 15.4 Å². The zero-order valence-corrected chi connectivity index (χ0v) is 20.9. The molecule has 0 aliphatic heterocycles. The summed E-state index contributed by atoms with van der Waals surface area (Å²) >= 11 is 0. The average molecular weight is 490 g/mol. The van der Waals surface area contributed by atoms with Gasteiger partial charge in [-0.1, -0.05) is 29.8 Å². The Kier molecular flexibility index (Phi) is 9.18. The van der Waals surface area contributed by atoms with Crippen molar-refractivity contribution in [2.75, 3.05) is 27.3 Å². The predicted octanol–water partition coefficient (Wildman–Crippen LogP) is 3.60. The molecule has 1 aliphatic carbocycles. The van der Waals surface area contributed by atoms with Crippen molar-refractivity contribution in [2.45, 2.75) is 44.0 Å². The molecule has 0 heterocycles. The Morgan fingerprint density at radius 1 is 0.882 bits per heavy atom. The molecule has 0 bridgehead atoms. The highest BCUT2D eigenvalue weighted by Gasteiger charge is 2.24. The predicted molar refractivity (Wildman–Crippen MR) is 132 cm³/mol. The Hall–Kier alpha value is -2.78. The smallest absolute Gasteiger partial charge is 0.315 e. The fourth-order valence-electron chi connectivity index (χ4n) is 4.12. The topological polar surface area (TPSA) is 106 Å². The van der Waals surface area contributed by atoms with E-state index in [0.717, 1.165) is 31.2 Å². The van der Waals surface area contributed by atoms with Crippen LogP contribution in [0.15, 0.2) is 47.4 Å². The minimum absolute atomic E-state index is 0.152. The summed E-state index contributed by atoms with van der Waals surface area (Å²) in [4.78, 5) is 12.3. The Morgan fingerprint density at radius 2 is 1.50 bits per heavy atom. The molecule has 186 valence electrons. The van der Waals surface area contributed by atoms with E-state index < -0.39 is 10.0 Å². The molecular formula is C25H35N3O5S. The largest absolute Gasteiger partial charge is 0.493 e. The van der Waals surface area contributed by atoms with Crippen LogP contribution in [0.2, 0.25) is 0 Å². The second-order valence-corrected chi connectivity index (χ2v) is 10.6. The lowest BCUT2D eigenvalue weighted by atomic mass is 9.82. The van der Waals surface area contributed by atoms with E-state index >= 15 is 0 Å². The van der Waals surface area contributed by atoms with Gasteiger partial charge in [0, 0.05) is 25.7 Å². The molecular weight excluding hydrogens is 454 g/mol. The first-order valence-corrected chi connectivity index (χ1v) is 13.1. The maximum atomic E-state index is 12.7. The summed E-state index contributed by atoms with van der Waals surface area (Å²) in [6.45, 7) is 3.56. The standard InChI is InChI=1S/C25H35N3O5S/c1-18-4-6-19(7-5-18)15-26-25(29)27-16-20-8-10-21(11-9-20)17-28-34(30,31)22-12-13-23(32-2)24(14-22)33-3/h4-7,12-14,20-21,28H,8-11,15-17H2,1-3H3,(H2,26,27,29). The fourth-order valence-corrected chi connectivity index (χ4v) is 5.25. The SMILES string of the molecule is COc1ccc(S(=O)(=O)NCC2CCC(CNC(=O)NCc3ccc(C)cc3)CC2)cc1OC. The summed E-state index contributed by atoms with van der Waals surface area (Å²) in [7, 11) is -0.652. The summed E-state index contributed by atoms with van der Waals surface area (Å²) in [6, 6.07) is 12.5. The lowest BCUT2D eigenvalue weighted by molar-refractivity contribution is 0.230. The van der Waals surface area contributed by atoms with Gasteiger partial charge >= 0.3 is 6.03 Å². The number of urea groups is 1. The van der Waals surface area contributed by atoms with E-state index in [-0.39, 0.29) is 16.8 Å². The van der Waals surface area contributed by atoms with E-state index in [1.807, 2.05) is 31.2 Å². The highest BCUT2D eigenvalue weighted by atomic mass is 32.2. The second-order valence-electron chi connectivity index (χ2n) is 8.80. The van der Waals surface area contributed by atoms with Crippen LogP contribution in [0.3, 0.4) is 0 Å². The van der Waals surface area contributed by atoms with Crippen LogP contribution in [0.1, 0.15) is 36.8 Å². The van der Waals surface area contributed by atoms with Gasteiger partial charge in [0.1, 0.15) is 0 Å². The van der Waals surface area contributed by atoms with E-state index in [9.17, 15) is 13.2 Å². The summed E-state index contributed by atoms with van der Waals surface area (Å²) < 4.78 is 38.5. The summed E-state index contributed by atoms with van der Waals surface area (Å²) in [5.74, 6) is 1.55. The summed E-state index contributed by atoms with van der Waals surface area (Å²) in [5.41, 5.74) is 2.26. The summed E-state index contributed by atoms with van der Waals surface area (Å²) in [6.07, 6.45) is 3.76. The first-order chi connectivity index (χ1) is 16.3. The molecule has 0 spiro atoms. The Morgan fingerprint density at radius 3 is 2.12 bits per heavy atom. The van der Waals surface area contributed by atoms with Crippen LogP contribution < -0.4 is 24.8 Å². The molecule has 2 amide bonds. The zero-order valence-electron chi connectivity index (χ0n) is 20.1. The van der Waals surface area contributed by atoms with Crippen LogP contribution in [-0.2, 0) is 16.6 Å². The number of benzene rings is 2. The summed E-state index contributed by atoms with van der Waals surface area (Å²) in [5, 5.41) is 5.85. The van der Waals surface area contributed by atoms with Gasteiger partial charge in [-0.3, -0.25) is 0 Å². The number of hydrogen-bond acceptors (Lipinski definition) is 5. The zero-order chi connectivity index (χ0) is 24.6. The Labute approximate surface area is 202 Å².